The van der Waals surface area contributed by atoms with Gasteiger partial charge in [0.05, 0.1) is 6.20 Å². The van der Waals surface area contributed by atoms with E-state index in [1.54, 1.807) is 33.0 Å². The van der Waals surface area contributed by atoms with E-state index in [0.29, 0.717) is 42.3 Å². The summed E-state index contributed by atoms with van der Waals surface area (Å²) < 4.78 is 48.9. The number of rotatable bonds is 5. The molecule has 3 aromatic heterocycles. The summed E-state index contributed by atoms with van der Waals surface area (Å²) in [5, 5.41) is 4.01. The Hall–Kier alpha value is -3.35. The van der Waals surface area contributed by atoms with E-state index in [0.717, 1.165) is 6.26 Å². The molecule has 1 aliphatic rings. The minimum atomic E-state index is -3.78. The molecule has 37 heavy (non-hydrogen) atoms. The summed E-state index contributed by atoms with van der Waals surface area (Å²) in [5.41, 5.74) is 1.65. The first-order valence-electron chi connectivity index (χ1n) is 11.7. The Kier molecular flexibility index (Phi) is 6.50. The molecule has 4 heterocycles. The van der Waals surface area contributed by atoms with Crippen molar-refractivity contribution >= 4 is 33.1 Å². The van der Waals surface area contributed by atoms with Crippen LogP contribution in [-0.2, 0) is 16.4 Å². The van der Waals surface area contributed by atoms with E-state index in [1.165, 1.54) is 20.8 Å². The van der Waals surface area contributed by atoms with E-state index in [9.17, 15) is 17.6 Å². The highest BCUT2D eigenvalue weighted by molar-refractivity contribution is 7.89. The molecule has 1 aromatic carbocycles. The molecular weight excluding hydrogens is 523 g/mol. The van der Waals surface area contributed by atoms with Crippen LogP contribution in [0.3, 0.4) is 0 Å². The predicted molar refractivity (Wildman–Crippen MR) is 136 cm³/mol. The van der Waals surface area contributed by atoms with Crippen LogP contribution in [0.1, 0.15) is 23.9 Å². The van der Waals surface area contributed by atoms with E-state index in [1.807, 2.05) is 4.90 Å². The molecule has 0 atom stereocenters. The quantitative estimate of drug-likeness (QED) is 0.375. The number of hydrogen-bond donors (Lipinski definition) is 0. The zero-order chi connectivity index (χ0) is 26.5. The predicted octanol–water partition coefficient (Wildman–Crippen LogP) is 3.23. The maximum Gasteiger partial charge on any atom is 0.261 e. The lowest BCUT2D eigenvalue weighted by Gasteiger charge is -2.34. The molecule has 5 rings (SSSR count). The lowest BCUT2D eigenvalue weighted by molar-refractivity contribution is 0.382. The minimum absolute atomic E-state index is 0.0660. The van der Waals surface area contributed by atoms with Crippen LogP contribution in [0.5, 0.6) is 0 Å². The number of anilines is 1. The van der Waals surface area contributed by atoms with Crippen molar-refractivity contribution < 1.29 is 17.3 Å². The number of piperazine rings is 1. The van der Waals surface area contributed by atoms with Crippen LogP contribution < -0.4 is 10.5 Å². The Labute approximate surface area is 217 Å². The Morgan fingerprint density at radius 2 is 1.86 bits per heavy atom. The maximum atomic E-state index is 15.0. The van der Waals surface area contributed by atoms with Crippen LogP contribution in [0, 0.1) is 19.7 Å². The Morgan fingerprint density at radius 3 is 2.54 bits per heavy atom. The van der Waals surface area contributed by atoms with Crippen molar-refractivity contribution in [2.45, 2.75) is 32.1 Å². The van der Waals surface area contributed by atoms with Crippen molar-refractivity contribution in [1.82, 2.24) is 23.8 Å². The lowest BCUT2D eigenvalue weighted by atomic mass is 10.1. The van der Waals surface area contributed by atoms with Gasteiger partial charge in [-0.15, -0.1) is 0 Å². The molecule has 10 nitrogen and oxygen atoms in total. The van der Waals surface area contributed by atoms with Gasteiger partial charge < -0.3 is 9.42 Å². The number of aromatic nitrogens is 4. The van der Waals surface area contributed by atoms with E-state index in [-0.39, 0.29) is 45.5 Å². The third-order valence-corrected chi connectivity index (χ3v) is 8.74. The largest absolute Gasteiger partial charge is 0.363 e. The van der Waals surface area contributed by atoms with Crippen molar-refractivity contribution in [3.8, 4) is 11.3 Å². The van der Waals surface area contributed by atoms with Gasteiger partial charge in [-0.05, 0) is 38.5 Å². The fourth-order valence-electron chi connectivity index (χ4n) is 4.33. The smallest absolute Gasteiger partial charge is 0.261 e. The topological polar surface area (TPSA) is 114 Å². The van der Waals surface area contributed by atoms with Gasteiger partial charge in [0.15, 0.2) is 5.65 Å². The molecule has 0 saturated carbocycles. The zero-order valence-electron chi connectivity index (χ0n) is 20.4. The zero-order valence-corrected chi connectivity index (χ0v) is 22.0. The van der Waals surface area contributed by atoms with E-state index in [2.05, 4.69) is 15.1 Å². The van der Waals surface area contributed by atoms with E-state index in [4.69, 9.17) is 16.1 Å². The summed E-state index contributed by atoms with van der Waals surface area (Å²) in [7, 11) is -3.78. The number of fused-ring (bicyclic) bond motifs is 1. The maximum absolute atomic E-state index is 15.0. The van der Waals surface area contributed by atoms with Crippen molar-refractivity contribution in [3.05, 3.63) is 68.8 Å². The number of aryl methyl sites for hydroxylation is 2. The fraction of sp³-hybridized carbons (Fsp3) is 0.333. The normalized spacial score (nSPS) is 15.0. The van der Waals surface area contributed by atoms with Gasteiger partial charge in [-0.25, -0.2) is 22.8 Å². The minimum Gasteiger partial charge on any atom is -0.363 e. The molecule has 0 spiro atoms. The van der Waals surface area contributed by atoms with Crippen molar-refractivity contribution in [1.29, 1.82) is 0 Å². The van der Waals surface area contributed by atoms with E-state index >= 15 is 0 Å². The van der Waals surface area contributed by atoms with Crippen molar-refractivity contribution in [2.24, 2.45) is 0 Å². The SMILES string of the molecule is CCc1nocc1S(=O)(=O)N1CCN(c2cn3c(=O)c(C)c(C)nc3c(-c3ccc(Cl)cc3F)n2)CC1. The van der Waals surface area contributed by atoms with Gasteiger partial charge in [-0.3, -0.25) is 9.20 Å². The molecule has 0 unspecified atom stereocenters. The molecule has 194 valence electrons. The summed E-state index contributed by atoms with van der Waals surface area (Å²) in [6.07, 6.45) is 3.15. The number of sulfonamides is 1. The Bertz CT molecular complexity index is 1680. The Balaban J connectivity index is 1.54. The van der Waals surface area contributed by atoms with Gasteiger partial charge in [-0.1, -0.05) is 23.7 Å². The Morgan fingerprint density at radius 1 is 1.14 bits per heavy atom. The number of halogens is 2. The molecule has 0 aliphatic carbocycles. The summed E-state index contributed by atoms with van der Waals surface area (Å²) >= 11 is 5.95. The van der Waals surface area contributed by atoms with Crippen LogP contribution in [-0.4, -0.2) is 58.4 Å². The third kappa shape index (κ3) is 4.38. The van der Waals surface area contributed by atoms with Crippen LogP contribution in [0.4, 0.5) is 10.2 Å². The van der Waals surface area contributed by atoms with Gasteiger partial charge in [0, 0.05) is 48.0 Å². The molecule has 1 aliphatic heterocycles. The number of hydrogen-bond acceptors (Lipinski definition) is 8. The molecule has 0 N–H and O–H groups in total. The molecule has 0 bridgehead atoms. The first kappa shape index (κ1) is 25.3. The average molecular weight is 547 g/mol. The van der Waals surface area contributed by atoms with Gasteiger partial charge in [0.25, 0.3) is 5.56 Å². The molecule has 0 amide bonds. The summed E-state index contributed by atoms with van der Waals surface area (Å²) in [5.74, 6) is -0.192. The summed E-state index contributed by atoms with van der Waals surface area (Å²) in [6.45, 7) is 6.17. The molecular formula is C24H24ClFN6O4S. The van der Waals surface area contributed by atoms with Crippen LogP contribution in [0.25, 0.3) is 16.9 Å². The number of benzene rings is 1. The second kappa shape index (κ2) is 9.51. The van der Waals surface area contributed by atoms with Crippen molar-refractivity contribution in [2.75, 3.05) is 31.1 Å². The highest BCUT2D eigenvalue weighted by atomic mass is 35.5. The molecule has 1 saturated heterocycles. The molecule has 0 radical (unpaired) electrons. The molecule has 4 aromatic rings. The molecule has 1 fully saturated rings. The van der Waals surface area contributed by atoms with Crippen molar-refractivity contribution in [3.63, 3.8) is 0 Å². The number of nitrogens with zero attached hydrogens (tertiary/aromatic N) is 6. The highest BCUT2D eigenvalue weighted by Gasteiger charge is 2.32. The average Bonchev–Trinajstić information content (AvgIpc) is 3.37. The highest BCUT2D eigenvalue weighted by Crippen LogP contribution is 2.30. The lowest BCUT2D eigenvalue weighted by Crippen LogP contribution is -2.49. The van der Waals surface area contributed by atoms with Gasteiger partial charge in [0.1, 0.15) is 34.2 Å². The van der Waals surface area contributed by atoms with Crippen LogP contribution in [0.15, 0.2) is 44.9 Å². The third-order valence-electron chi connectivity index (χ3n) is 6.58. The van der Waals surface area contributed by atoms with E-state index < -0.39 is 15.8 Å². The summed E-state index contributed by atoms with van der Waals surface area (Å²) in [4.78, 5) is 24.3. The standard InChI is InChI=1S/C24H24ClFN6O4S/c1-4-19-20(13-36-29-19)37(34,35)31-9-7-30(8-10-31)21-12-32-23(27-15(3)14(2)24(32)33)22(28-21)17-6-5-16(25)11-18(17)26/h5-6,11-13H,4,7-10H2,1-3H3. The second-order valence-corrected chi connectivity index (χ2v) is 11.1. The van der Waals surface area contributed by atoms with Gasteiger partial charge in [-0.2, -0.15) is 4.31 Å². The second-order valence-electron chi connectivity index (χ2n) is 8.76. The first-order chi connectivity index (χ1) is 17.6. The fourth-order valence-corrected chi connectivity index (χ4v) is 6.06. The van der Waals surface area contributed by atoms with Crippen LogP contribution >= 0.6 is 11.6 Å². The first-order valence-corrected chi connectivity index (χ1v) is 13.5. The van der Waals surface area contributed by atoms with Gasteiger partial charge in [0.2, 0.25) is 10.0 Å². The molecule has 13 heteroatoms. The summed E-state index contributed by atoms with van der Waals surface area (Å²) in [6, 6.07) is 4.22. The van der Waals surface area contributed by atoms with Gasteiger partial charge >= 0.3 is 0 Å². The monoisotopic (exact) mass is 546 g/mol. The van der Waals surface area contributed by atoms with Crippen LogP contribution in [0.2, 0.25) is 5.02 Å².